The number of nitrogens with one attached hydrogen (secondary N) is 1. The number of likely N-dealkylation sites (N-methyl/N-ethyl adjacent to an activating group) is 1. The summed E-state index contributed by atoms with van der Waals surface area (Å²) in [5.41, 5.74) is 1.10. The summed E-state index contributed by atoms with van der Waals surface area (Å²) in [5.74, 6) is 0. The molecule has 15 heavy (non-hydrogen) atoms. The van der Waals surface area contributed by atoms with Crippen LogP contribution in [-0.2, 0) is 0 Å². The van der Waals surface area contributed by atoms with E-state index in [1.165, 1.54) is 19.4 Å². The first kappa shape index (κ1) is 10.9. The van der Waals surface area contributed by atoms with Crippen molar-refractivity contribution >= 4 is 21.6 Å². The van der Waals surface area contributed by atoms with Crippen molar-refractivity contribution < 1.29 is 0 Å². The second kappa shape index (κ2) is 4.94. The first-order chi connectivity index (χ1) is 7.25. The van der Waals surface area contributed by atoms with Gasteiger partial charge in [0.25, 0.3) is 0 Å². The second-order valence-corrected chi connectivity index (χ2v) is 4.84. The van der Waals surface area contributed by atoms with Gasteiger partial charge in [0.15, 0.2) is 0 Å². The standard InChI is InChI=1S/C11H16BrN3/c1-15-7-3-4-9(8-15)14-10-5-2-6-13-11(10)12/h2,5-6,9,14H,3-4,7-8H2,1H3. The van der Waals surface area contributed by atoms with E-state index in [0.717, 1.165) is 16.8 Å². The minimum atomic E-state index is 0.546. The number of hydrogen-bond donors (Lipinski definition) is 1. The number of halogens is 1. The van der Waals surface area contributed by atoms with Gasteiger partial charge >= 0.3 is 0 Å². The van der Waals surface area contributed by atoms with E-state index in [-0.39, 0.29) is 0 Å². The fraction of sp³-hybridized carbons (Fsp3) is 0.545. The molecule has 82 valence electrons. The highest BCUT2D eigenvalue weighted by Crippen LogP contribution is 2.21. The van der Waals surface area contributed by atoms with E-state index in [9.17, 15) is 0 Å². The van der Waals surface area contributed by atoms with E-state index in [4.69, 9.17) is 0 Å². The zero-order valence-corrected chi connectivity index (χ0v) is 10.5. The third kappa shape index (κ3) is 2.92. The van der Waals surface area contributed by atoms with Gasteiger partial charge in [-0.05, 0) is 54.5 Å². The number of likely N-dealkylation sites (tertiary alicyclic amines) is 1. The smallest absolute Gasteiger partial charge is 0.129 e. The third-order valence-electron chi connectivity index (χ3n) is 2.74. The number of hydrogen-bond acceptors (Lipinski definition) is 3. The van der Waals surface area contributed by atoms with Crippen LogP contribution >= 0.6 is 15.9 Å². The van der Waals surface area contributed by atoms with Gasteiger partial charge in [0.1, 0.15) is 4.60 Å². The molecule has 0 aromatic carbocycles. The highest BCUT2D eigenvalue weighted by atomic mass is 79.9. The Morgan fingerprint density at radius 1 is 1.60 bits per heavy atom. The van der Waals surface area contributed by atoms with Crippen LogP contribution in [0, 0.1) is 0 Å². The predicted octanol–water partition coefficient (Wildman–Crippen LogP) is 2.35. The van der Waals surface area contributed by atoms with Crippen molar-refractivity contribution in [2.45, 2.75) is 18.9 Å². The van der Waals surface area contributed by atoms with E-state index in [2.05, 4.69) is 44.2 Å². The van der Waals surface area contributed by atoms with Crippen LogP contribution in [0.15, 0.2) is 22.9 Å². The fourth-order valence-electron chi connectivity index (χ4n) is 2.00. The maximum atomic E-state index is 4.20. The Morgan fingerprint density at radius 3 is 3.20 bits per heavy atom. The molecule has 1 fully saturated rings. The lowest BCUT2D eigenvalue weighted by Gasteiger charge is -2.31. The number of nitrogens with zero attached hydrogens (tertiary/aromatic N) is 2. The summed E-state index contributed by atoms with van der Waals surface area (Å²) in [6.07, 6.45) is 4.31. The van der Waals surface area contributed by atoms with E-state index in [0.29, 0.717) is 6.04 Å². The maximum absolute atomic E-state index is 4.20. The molecular formula is C11H16BrN3. The first-order valence-electron chi connectivity index (χ1n) is 5.31. The van der Waals surface area contributed by atoms with Gasteiger partial charge in [0.2, 0.25) is 0 Å². The van der Waals surface area contributed by atoms with Gasteiger partial charge in [0.05, 0.1) is 5.69 Å². The van der Waals surface area contributed by atoms with E-state index in [1.54, 1.807) is 6.20 Å². The lowest BCUT2D eigenvalue weighted by atomic mass is 10.1. The van der Waals surface area contributed by atoms with Gasteiger partial charge in [0, 0.05) is 18.8 Å². The zero-order valence-electron chi connectivity index (χ0n) is 8.91. The summed E-state index contributed by atoms with van der Waals surface area (Å²) in [6, 6.07) is 4.56. The monoisotopic (exact) mass is 269 g/mol. The molecule has 1 aromatic heterocycles. The molecular weight excluding hydrogens is 254 g/mol. The van der Waals surface area contributed by atoms with E-state index < -0.39 is 0 Å². The Balaban J connectivity index is 1.99. The molecule has 0 amide bonds. The summed E-state index contributed by atoms with van der Waals surface area (Å²) in [4.78, 5) is 6.57. The maximum Gasteiger partial charge on any atom is 0.129 e. The van der Waals surface area contributed by atoms with Crippen molar-refractivity contribution in [2.75, 3.05) is 25.5 Å². The number of pyridine rings is 1. The van der Waals surface area contributed by atoms with Crippen molar-refractivity contribution in [3.8, 4) is 0 Å². The quantitative estimate of drug-likeness (QED) is 0.836. The van der Waals surface area contributed by atoms with Crippen LogP contribution in [-0.4, -0.2) is 36.1 Å². The van der Waals surface area contributed by atoms with Crippen LogP contribution in [0.1, 0.15) is 12.8 Å². The summed E-state index contributed by atoms with van der Waals surface area (Å²) in [7, 11) is 2.17. The van der Waals surface area contributed by atoms with Crippen LogP contribution < -0.4 is 5.32 Å². The van der Waals surface area contributed by atoms with Gasteiger partial charge in [-0.1, -0.05) is 0 Å². The molecule has 0 radical (unpaired) electrons. The Bertz CT molecular complexity index is 329. The number of rotatable bonds is 2. The SMILES string of the molecule is CN1CCCC(Nc2cccnc2Br)C1. The van der Waals surface area contributed by atoms with Crippen molar-refractivity contribution in [1.82, 2.24) is 9.88 Å². The average Bonchev–Trinajstić information content (AvgIpc) is 2.22. The lowest BCUT2D eigenvalue weighted by molar-refractivity contribution is 0.261. The molecule has 1 aliphatic rings. The third-order valence-corrected chi connectivity index (χ3v) is 3.38. The highest BCUT2D eigenvalue weighted by Gasteiger charge is 2.17. The van der Waals surface area contributed by atoms with Crippen LogP contribution in [0.3, 0.4) is 0 Å². The zero-order chi connectivity index (χ0) is 10.7. The van der Waals surface area contributed by atoms with Gasteiger partial charge < -0.3 is 10.2 Å². The molecule has 1 N–H and O–H groups in total. The van der Waals surface area contributed by atoms with Crippen molar-refractivity contribution in [1.29, 1.82) is 0 Å². The van der Waals surface area contributed by atoms with Gasteiger partial charge in [-0.15, -0.1) is 0 Å². The largest absolute Gasteiger partial charge is 0.379 e. The summed E-state index contributed by atoms with van der Waals surface area (Å²) in [5, 5.41) is 3.53. The van der Waals surface area contributed by atoms with E-state index >= 15 is 0 Å². The van der Waals surface area contributed by atoms with Crippen LogP contribution in [0.25, 0.3) is 0 Å². The molecule has 1 unspecified atom stereocenters. The molecule has 0 aliphatic carbocycles. The average molecular weight is 270 g/mol. The topological polar surface area (TPSA) is 28.2 Å². The Labute approximate surface area is 99.0 Å². The minimum absolute atomic E-state index is 0.546. The van der Waals surface area contributed by atoms with Crippen molar-refractivity contribution in [3.63, 3.8) is 0 Å². The van der Waals surface area contributed by atoms with Gasteiger partial charge in [-0.25, -0.2) is 4.98 Å². The molecule has 1 aromatic rings. The Kier molecular flexibility index (Phi) is 3.59. The Morgan fingerprint density at radius 2 is 2.47 bits per heavy atom. The van der Waals surface area contributed by atoms with Crippen LogP contribution in [0.2, 0.25) is 0 Å². The predicted molar refractivity (Wildman–Crippen MR) is 66.1 cm³/mol. The normalized spacial score (nSPS) is 22.7. The van der Waals surface area contributed by atoms with Gasteiger partial charge in [-0.2, -0.15) is 0 Å². The molecule has 4 heteroatoms. The van der Waals surface area contributed by atoms with E-state index in [1.807, 2.05) is 6.07 Å². The number of aromatic nitrogens is 1. The highest BCUT2D eigenvalue weighted by molar-refractivity contribution is 9.10. The molecule has 3 nitrogen and oxygen atoms in total. The minimum Gasteiger partial charge on any atom is -0.379 e. The molecule has 2 heterocycles. The molecule has 0 saturated carbocycles. The van der Waals surface area contributed by atoms with Crippen molar-refractivity contribution in [3.05, 3.63) is 22.9 Å². The summed E-state index contributed by atoms with van der Waals surface area (Å²) < 4.78 is 0.901. The molecule has 2 rings (SSSR count). The first-order valence-corrected chi connectivity index (χ1v) is 6.10. The van der Waals surface area contributed by atoms with Crippen LogP contribution in [0.4, 0.5) is 5.69 Å². The Hall–Kier alpha value is -0.610. The molecule has 0 bridgehead atoms. The van der Waals surface area contributed by atoms with Gasteiger partial charge in [-0.3, -0.25) is 0 Å². The lowest BCUT2D eigenvalue weighted by Crippen LogP contribution is -2.39. The summed E-state index contributed by atoms with van der Waals surface area (Å²) >= 11 is 3.45. The number of piperidine rings is 1. The summed E-state index contributed by atoms with van der Waals surface area (Å²) in [6.45, 7) is 2.33. The van der Waals surface area contributed by atoms with Crippen LogP contribution in [0.5, 0.6) is 0 Å². The second-order valence-electron chi connectivity index (χ2n) is 4.09. The molecule has 0 spiro atoms. The molecule has 1 saturated heterocycles. The molecule has 1 atom stereocenters. The fourth-order valence-corrected chi connectivity index (χ4v) is 2.36. The number of anilines is 1. The van der Waals surface area contributed by atoms with Crippen molar-refractivity contribution in [2.24, 2.45) is 0 Å². The molecule has 1 aliphatic heterocycles.